The van der Waals surface area contributed by atoms with E-state index in [0.29, 0.717) is 35.1 Å². The van der Waals surface area contributed by atoms with Crippen LogP contribution in [0.15, 0.2) is 157 Å². The molecule has 4 aromatic rings. The molecule has 1 aromatic heterocycles. The largest absolute Gasteiger partial charge is 0.342 e. The topological polar surface area (TPSA) is 8.17 Å². The molecule has 0 amide bonds. The SMILES string of the molecule is CC1(C)C2C=CC=CC2C2CC=C(N(C3=CC=C(c4ccccc4)CC3)C3C=CC(C4=Cc5c(n(-c6ccccc6)c6ccccc56)CC4)CC3)CC21. The molecule has 1 saturated carbocycles. The third kappa shape index (κ3) is 5.60. The predicted octanol–water partition coefficient (Wildman–Crippen LogP) is 12.7. The molecule has 2 heteroatoms. The molecule has 6 atom stereocenters. The Labute approximate surface area is 316 Å². The van der Waals surface area contributed by atoms with Crippen molar-refractivity contribution in [3.05, 3.63) is 173 Å². The van der Waals surface area contributed by atoms with Gasteiger partial charge in [-0.15, -0.1) is 0 Å². The van der Waals surface area contributed by atoms with Crippen LogP contribution in [0.2, 0.25) is 0 Å². The van der Waals surface area contributed by atoms with Crippen molar-refractivity contribution in [3.8, 4) is 5.69 Å². The van der Waals surface area contributed by atoms with Crippen LogP contribution in [-0.4, -0.2) is 15.5 Å². The van der Waals surface area contributed by atoms with Crippen LogP contribution in [0.5, 0.6) is 0 Å². The van der Waals surface area contributed by atoms with E-state index < -0.39 is 0 Å². The highest BCUT2D eigenvalue weighted by Gasteiger charge is 2.54. The number of benzene rings is 3. The van der Waals surface area contributed by atoms with E-state index in [2.05, 4.69) is 169 Å². The van der Waals surface area contributed by atoms with Crippen LogP contribution in [0.4, 0.5) is 0 Å². The van der Waals surface area contributed by atoms with Gasteiger partial charge in [-0.1, -0.05) is 141 Å². The van der Waals surface area contributed by atoms with E-state index in [-0.39, 0.29) is 0 Å². The molecule has 53 heavy (non-hydrogen) atoms. The van der Waals surface area contributed by atoms with E-state index in [0.717, 1.165) is 31.6 Å². The third-order valence-corrected chi connectivity index (χ3v) is 14.1. The quantitative estimate of drug-likeness (QED) is 0.183. The number of para-hydroxylation sites is 2. The third-order valence-electron chi connectivity index (χ3n) is 14.1. The summed E-state index contributed by atoms with van der Waals surface area (Å²) in [6.07, 6.45) is 34.2. The van der Waals surface area contributed by atoms with Gasteiger partial charge in [0.05, 0.1) is 11.6 Å². The van der Waals surface area contributed by atoms with Crippen molar-refractivity contribution in [3.63, 3.8) is 0 Å². The Morgan fingerprint density at radius 2 is 1.51 bits per heavy atom. The molecule has 6 aliphatic rings. The van der Waals surface area contributed by atoms with E-state index in [4.69, 9.17) is 0 Å². The maximum absolute atomic E-state index is 2.83. The normalized spacial score (nSPS) is 28.3. The van der Waals surface area contributed by atoms with E-state index >= 15 is 0 Å². The zero-order valence-corrected chi connectivity index (χ0v) is 31.4. The first kappa shape index (κ1) is 32.8. The number of allylic oxidation sites excluding steroid dienone is 12. The minimum atomic E-state index is 0.298. The summed E-state index contributed by atoms with van der Waals surface area (Å²) >= 11 is 0. The lowest BCUT2D eigenvalue weighted by atomic mass is 9.70. The van der Waals surface area contributed by atoms with Crippen molar-refractivity contribution in [2.75, 3.05) is 0 Å². The van der Waals surface area contributed by atoms with Crippen LogP contribution in [0, 0.1) is 35.0 Å². The second kappa shape index (κ2) is 13.2. The van der Waals surface area contributed by atoms with Crippen LogP contribution in [-0.2, 0) is 6.42 Å². The fraction of sp³-hybridized carbons (Fsp3) is 0.333. The van der Waals surface area contributed by atoms with E-state index in [1.807, 2.05) is 0 Å². The first-order chi connectivity index (χ1) is 26.0. The summed E-state index contributed by atoms with van der Waals surface area (Å²) < 4.78 is 2.51. The monoisotopic (exact) mass is 692 g/mol. The molecular weight excluding hydrogens is 641 g/mol. The van der Waals surface area contributed by atoms with Gasteiger partial charge in [0.1, 0.15) is 0 Å². The van der Waals surface area contributed by atoms with E-state index in [9.17, 15) is 0 Å². The summed E-state index contributed by atoms with van der Waals surface area (Å²) in [7, 11) is 0. The molecule has 6 unspecified atom stereocenters. The Bertz CT molecular complexity index is 2250. The lowest BCUT2D eigenvalue weighted by molar-refractivity contribution is 0.163. The maximum atomic E-state index is 2.83. The maximum Gasteiger partial charge on any atom is 0.0537 e. The molecule has 0 bridgehead atoms. The van der Waals surface area contributed by atoms with Gasteiger partial charge >= 0.3 is 0 Å². The number of hydrogen-bond acceptors (Lipinski definition) is 1. The van der Waals surface area contributed by atoms with E-state index in [1.54, 1.807) is 11.3 Å². The molecule has 0 spiro atoms. The summed E-state index contributed by atoms with van der Waals surface area (Å²) in [6.45, 7) is 5.12. The molecule has 1 fully saturated rings. The van der Waals surface area contributed by atoms with E-state index in [1.165, 1.54) is 70.4 Å². The Balaban J connectivity index is 0.969. The molecular formula is C51H52N2. The van der Waals surface area contributed by atoms with Gasteiger partial charge in [0, 0.05) is 33.7 Å². The summed E-state index contributed by atoms with van der Waals surface area (Å²) in [5, 5.41) is 1.38. The highest BCUT2D eigenvalue weighted by molar-refractivity contribution is 5.93. The first-order valence-corrected chi connectivity index (χ1v) is 20.4. The van der Waals surface area contributed by atoms with Crippen LogP contribution >= 0.6 is 0 Å². The first-order valence-electron chi connectivity index (χ1n) is 20.4. The van der Waals surface area contributed by atoms with Gasteiger partial charge < -0.3 is 9.47 Å². The minimum absolute atomic E-state index is 0.298. The van der Waals surface area contributed by atoms with Crippen molar-refractivity contribution in [1.29, 1.82) is 0 Å². The fourth-order valence-corrected chi connectivity index (χ4v) is 11.4. The molecule has 10 rings (SSSR count). The van der Waals surface area contributed by atoms with Crippen molar-refractivity contribution < 1.29 is 0 Å². The summed E-state index contributed by atoms with van der Waals surface area (Å²) in [4.78, 5) is 2.83. The molecule has 0 saturated heterocycles. The molecule has 0 aliphatic heterocycles. The second-order valence-electron chi connectivity index (χ2n) is 17.1. The van der Waals surface area contributed by atoms with Gasteiger partial charge in [0.2, 0.25) is 0 Å². The summed E-state index contributed by atoms with van der Waals surface area (Å²) in [5.74, 6) is 3.28. The highest BCUT2D eigenvalue weighted by Crippen LogP contribution is 2.61. The zero-order valence-electron chi connectivity index (χ0n) is 31.4. The molecule has 266 valence electrons. The highest BCUT2D eigenvalue weighted by atomic mass is 15.2. The average molecular weight is 693 g/mol. The number of nitrogens with zero attached hydrogens (tertiary/aromatic N) is 2. The Kier molecular flexibility index (Phi) is 8.19. The minimum Gasteiger partial charge on any atom is -0.342 e. The van der Waals surface area contributed by atoms with Gasteiger partial charge in [-0.3, -0.25) is 0 Å². The van der Waals surface area contributed by atoms with Gasteiger partial charge in [0.15, 0.2) is 0 Å². The molecule has 2 nitrogen and oxygen atoms in total. The smallest absolute Gasteiger partial charge is 0.0537 e. The number of aromatic nitrogens is 1. The van der Waals surface area contributed by atoms with Gasteiger partial charge in [-0.25, -0.2) is 0 Å². The zero-order chi connectivity index (χ0) is 35.5. The lowest BCUT2D eigenvalue weighted by Gasteiger charge is -2.44. The molecule has 6 aliphatic carbocycles. The van der Waals surface area contributed by atoms with Crippen molar-refractivity contribution in [1.82, 2.24) is 9.47 Å². The summed E-state index contributed by atoms with van der Waals surface area (Å²) in [6, 6.07) is 31.3. The van der Waals surface area contributed by atoms with Gasteiger partial charge in [-0.2, -0.15) is 0 Å². The fourth-order valence-electron chi connectivity index (χ4n) is 11.4. The second-order valence-corrected chi connectivity index (χ2v) is 17.1. The average Bonchev–Trinajstić information content (AvgIpc) is 3.67. The molecule has 0 N–H and O–H groups in total. The number of fused-ring (bicyclic) bond motifs is 6. The van der Waals surface area contributed by atoms with Crippen LogP contribution in [0.25, 0.3) is 28.2 Å². The van der Waals surface area contributed by atoms with Crippen molar-refractivity contribution in [2.45, 2.75) is 71.3 Å². The van der Waals surface area contributed by atoms with Gasteiger partial charge in [0.25, 0.3) is 0 Å². The number of hydrogen-bond donors (Lipinski definition) is 0. The Morgan fingerprint density at radius 1 is 0.717 bits per heavy atom. The van der Waals surface area contributed by atoms with Crippen LogP contribution in [0.3, 0.4) is 0 Å². The van der Waals surface area contributed by atoms with Crippen molar-refractivity contribution >= 4 is 22.6 Å². The molecule has 0 radical (unpaired) electrons. The molecule has 1 heterocycles. The predicted molar refractivity (Wildman–Crippen MR) is 222 cm³/mol. The van der Waals surface area contributed by atoms with Gasteiger partial charge in [-0.05, 0) is 122 Å². The standard InChI is InChI=1S/C51H52N2/c1-51(2)47-19-11-9-17-43(47)44-31-30-42(34-48(44)51)52(40-26-21-36(22-27-40)35-13-5-3-6-14-35)41-28-23-37(24-29-41)38-25-32-50-46(33-38)45-18-10-12-20-49(45)53(50)39-15-7-4-8-16-39/h3-21,23,26,28,30,33,37,41,43-44,47-48H,22,24-25,27,29,31-32,34H2,1-2H3. The Morgan fingerprint density at radius 3 is 2.30 bits per heavy atom. The van der Waals surface area contributed by atoms with Crippen molar-refractivity contribution in [2.24, 2.45) is 35.0 Å². The molecule has 3 aromatic carbocycles. The lowest BCUT2D eigenvalue weighted by Crippen LogP contribution is -2.39. The van der Waals surface area contributed by atoms with Crippen LogP contribution in [0.1, 0.15) is 75.6 Å². The number of rotatable bonds is 6. The summed E-state index contributed by atoms with van der Waals surface area (Å²) in [5.41, 5.74) is 13.3. The van der Waals surface area contributed by atoms with Crippen LogP contribution < -0.4 is 0 Å². The Hall–Kier alpha value is -4.82.